The number of imide groups is 1. The van der Waals surface area contributed by atoms with Crippen LogP contribution in [0.25, 0.3) is 0 Å². The molecule has 1 aromatic carbocycles. The SMILES string of the molecule is O=C1CCC(NC(=O)c2cc(Cl)sc2NC(=O)Cc2ccccc2)C(=O)N1. The summed E-state index contributed by atoms with van der Waals surface area (Å²) in [5.74, 6) is -1.73. The van der Waals surface area contributed by atoms with E-state index in [1.807, 2.05) is 30.3 Å². The lowest BCUT2D eigenvalue weighted by Gasteiger charge is -2.21. The fourth-order valence-electron chi connectivity index (χ4n) is 2.64. The molecule has 1 aliphatic heterocycles. The van der Waals surface area contributed by atoms with E-state index in [1.165, 1.54) is 6.07 Å². The number of halogens is 1. The van der Waals surface area contributed by atoms with Gasteiger partial charge in [0.25, 0.3) is 5.91 Å². The van der Waals surface area contributed by atoms with E-state index in [1.54, 1.807) is 0 Å². The Hall–Kier alpha value is -2.71. The molecule has 0 bridgehead atoms. The number of rotatable bonds is 5. The highest BCUT2D eigenvalue weighted by atomic mass is 35.5. The Morgan fingerprint density at radius 1 is 1.22 bits per heavy atom. The topological polar surface area (TPSA) is 104 Å². The van der Waals surface area contributed by atoms with Gasteiger partial charge >= 0.3 is 0 Å². The molecule has 2 heterocycles. The number of piperidine rings is 1. The van der Waals surface area contributed by atoms with E-state index < -0.39 is 17.9 Å². The Labute approximate surface area is 164 Å². The third kappa shape index (κ3) is 4.93. The number of hydrogen-bond donors (Lipinski definition) is 3. The van der Waals surface area contributed by atoms with Gasteiger partial charge in [-0.2, -0.15) is 0 Å². The van der Waals surface area contributed by atoms with E-state index in [2.05, 4.69) is 16.0 Å². The van der Waals surface area contributed by atoms with Gasteiger partial charge in [-0.25, -0.2) is 0 Å². The Morgan fingerprint density at radius 2 is 1.96 bits per heavy atom. The van der Waals surface area contributed by atoms with Gasteiger partial charge in [0.05, 0.1) is 16.3 Å². The first-order chi connectivity index (χ1) is 12.9. The minimum atomic E-state index is -0.804. The van der Waals surface area contributed by atoms with Gasteiger partial charge in [0.15, 0.2) is 0 Å². The van der Waals surface area contributed by atoms with Crippen molar-refractivity contribution in [3.05, 3.63) is 51.9 Å². The lowest BCUT2D eigenvalue weighted by molar-refractivity contribution is -0.134. The van der Waals surface area contributed by atoms with E-state index in [0.717, 1.165) is 16.9 Å². The van der Waals surface area contributed by atoms with Gasteiger partial charge in [-0.3, -0.25) is 24.5 Å². The molecule has 1 atom stereocenters. The zero-order valence-electron chi connectivity index (χ0n) is 14.1. The van der Waals surface area contributed by atoms with Crippen LogP contribution in [0.2, 0.25) is 4.34 Å². The van der Waals surface area contributed by atoms with Crippen LogP contribution < -0.4 is 16.0 Å². The highest BCUT2D eigenvalue weighted by Crippen LogP contribution is 2.32. The first-order valence-corrected chi connectivity index (χ1v) is 9.39. The Morgan fingerprint density at radius 3 is 2.67 bits per heavy atom. The van der Waals surface area contributed by atoms with Gasteiger partial charge in [0.1, 0.15) is 11.0 Å². The van der Waals surface area contributed by atoms with Gasteiger partial charge in [0, 0.05) is 6.42 Å². The fourth-order valence-corrected chi connectivity index (χ4v) is 3.78. The molecule has 0 saturated carbocycles. The number of carbonyl (C=O) groups excluding carboxylic acids is 4. The van der Waals surface area contributed by atoms with Crippen LogP contribution in [0.4, 0.5) is 5.00 Å². The third-order valence-corrected chi connectivity index (χ3v) is 5.13. The molecular weight excluding hydrogens is 390 g/mol. The zero-order valence-corrected chi connectivity index (χ0v) is 15.7. The molecule has 1 aromatic heterocycles. The molecule has 0 aliphatic carbocycles. The van der Waals surface area contributed by atoms with Crippen LogP contribution in [0.5, 0.6) is 0 Å². The summed E-state index contributed by atoms with van der Waals surface area (Å²) in [4.78, 5) is 47.8. The number of amides is 4. The minimum Gasteiger partial charge on any atom is -0.340 e. The highest BCUT2D eigenvalue weighted by molar-refractivity contribution is 7.20. The molecule has 1 unspecified atom stereocenters. The first-order valence-electron chi connectivity index (χ1n) is 8.20. The summed E-state index contributed by atoms with van der Waals surface area (Å²) in [7, 11) is 0. The summed E-state index contributed by atoms with van der Waals surface area (Å²) in [5, 5.41) is 7.76. The van der Waals surface area contributed by atoms with Crippen molar-refractivity contribution in [3.63, 3.8) is 0 Å². The van der Waals surface area contributed by atoms with Crippen molar-refractivity contribution < 1.29 is 19.2 Å². The molecule has 140 valence electrons. The van der Waals surface area contributed by atoms with Crippen molar-refractivity contribution in [1.29, 1.82) is 0 Å². The van der Waals surface area contributed by atoms with Gasteiger partial charge in [-0.15, -0.1) is 11.3 Å². The van der Waals surface area contributed by atoms with E-state index in [-0.39, 0.29) is 36.6 Å². The monoisotopic (exact) mass is 405 g/mol. The molecule has 9 heteroatoms. The van der Waals surface area contributed by atoms with Crippen LogP contribution in [0.15, 0.2) is 36.4 Å². The second-order valence-corrected chi connectivity index (χ2v) is 7.66. The lowest BCUT2D eigenvalue weighted by atomic mass is 10.1. The number of hydrogen-bond acceptors (Lipinski definition) is 5. The second-order valence-electron chi connectivity index (χ2n) is 5.98. The van der Waals surface area contributed by atoms with Crippen molar-refractivity contribution in [2.75, 3.05) is 5.32 Å². The predicted octanol–water partition coefficient (Wildman–Crippen LogP) is 2.12. The molecule has 3 N–H and O–H groups in total. The van der Waals surface area contributed by atoms with Gasteiger partial charge in [-0.1, -0.05) is 41.9 Å². The standard InChI is InChI=1S/C18H16ClN3O4S/c19-13-9-11(16(25)20-12-6-7-14(23)21-17(12)26)18(27-13)22-15(24)8-10-4-2-1-3-5-10/h1-5,9,12H,6-8H2,(H,20,25)(H,22,24)(H,21,23,26). The summed E-state index contributed by atoms with van der Waals surface area (Å²) < 4.78 is 0.332. The van der Waals surface area contributed by atoms with Crippen molar-refractivity contribution in [1.82, 2.24) is 10.6 Å². The predicted molar refractivity (Wildman–Crippen MR) is 102 cm³/mol. The molecular formula is C18H16ClN3O4S. The molecule has 1 aliphatic rings. The molecule has 7 nitrogen and oxygen atoms in total. The maximum absolute atomic E-state index is 12.5. The van der Waals surface area contributed by atoms with Crippen molar-refractivity contribution in [2.45, 2.75) is 25.3 Å². The lowest BCUT2D eigenvalue weighted by Crippen LogP contribution is -2.52. The second kappa shape index (κ2) is 8.32. The summed E-state index contributed by atoms with van der Waals surface area (Å²) in [6, 6.07) is 9.83. The summed E-state index contributed by atoms with van der Waals surface area (Å²) in [6.45, 7) is 0. The first kappa shape index (κ1) is 19.1. The number of nitrogens with one attached hydrogen (secondary N) is 3. The van der Waals surface area contributed by atoms with E-state index in [4.69, 9.17) is 11.6 Å². The number of thiophene rings is 1. The van der Waals surface area contributed by atoms with Crippen LogP contribution in [0, 0.1) is 0 Å². The molecule has 27 heavy (non-hydrogen) atoms. The summed E-state index contributed by atoms with van der Waals surface area (Å²) in [6.07, 6.45) is 0.538. The van der Waals surface area contributed by atoms with Gasteiger partial charge < -0.3 is 10.6 Å². The van der Waals surface area contributed by atoms with Crippen LogP contribution in [0.1, 0.15) is 28.8 Å². The molecule has 1 saturated heterocycles. The minimum absolute atomic E-state index is 0.155. The van der Waals surface area contributed by atoms with Crippen LogP contribution in [-0.2, 0) is 20.8 Å². The number of carbonyl (C=O) groups is 4. The normalized spacial score (nSPS) is 16.6. The number of benzene rings is 1. The smallest absolute Gasteiger partial charge is 0.254 e. The van der Waals surface area contributed by atoms with Crippen molar-refractivity contribution in [3.8, 4) is 0 Å². The van der Waals surface area contributed by atoms with E-state index >= 15 is 0 Å². The quantitative estimate of drug-likeness (QED) is 0.662. The molecule has 0 spiro atoms. The van der Waals surface area contributed by atoms with E-state index in [9.17, 15) is 19.2 Å². The largest absolute Gasteiger partial charge is 0.340 e. The van der Waals surface area contributed by atoms with Crippen LogP contribution in [0.3, 0.4) is 0 Å². The molecule has 1 fully saturated rings. The Kier molecular flexibility index (Phi) is 5.88. The zero-order chi connectivity index (χ0) is 19.4. The summed E-state index contributed by atoms with van der Waals surface area (Å²) in [5.41, 5.74) is 1.02. The van der Waals surface area contributed by atoms with Crippen LogP contribution in [-0.4, -0.2) is 29.7 Å². The Bertz CT molecular complexity index is 897. The fraction of sp³-hybridized carbons (Fsp3) is 0.222. The van der Waals surface area contributed by atoms with Crippen molar-refractivity contribution in [2.24, 2.45) is 0 Å². The molecule has 4 amide bonds. The average molecular weight is 406 g/mol. The van der Waals surface area contributed by atoms with Gasteiger partial charge in [0.2, 0.25) is 17.7 Å². The molecule has 0 radical (unpaired) electrons. The Balaban J connectivity index is 1.68. The average Bonchev–Trinajstić information content (AvgIpc) is 2.98. The van der Waals surface area contributed by atoms with Crippen molar-refractivity contribution >= 4 is 51.6 Å². The highest BCUT2D eigenvalue weighted by Gasteiger charge is 2.29. The maximum Gasteiger partial charge on any atom is 0.254 e. The van der Waals surface area contributed by atoms with Gasteiger partial charge in [-0.05, 0) is 18.1 Å². The molecule has 3 rings (SSSR count). The third-order valence-electron chi connectivity index (χ3n) is 3.95. The molecule has 2 aromatic rings. The maximum atomic E-state index is 12.5. The van der Waals surface area contributed by atoms with E-state index in [0.29, 0.717) is 9.34 Å². The summed E-state index contributed by atoms with van der Waals surface area (Å²) >= 11 is 7.07. The van der Waals surface area contributed by atoms with Crippen LogP contribution >= 0.6 is 22.9 Å². The number of anilines is 1.